The predicted molar refractivity (Wildman–Crippen MR) is 67.3 cm³/mol. The first-order valence-electron chi connectivity index (χ1n) is 5.91. The van der Waals surface area contributed by atoms with E-state index in [0.717, 1.165) is 12.8 Å². The first kappa shape index (κ1) is 13.3. The average molecular weight is 266 g/mol. The molecule has 3 N–H and O–H groups in total. The van der Waals surface area contributed by atoms with Crippen LogP contribution in [0.5, 0.6) is 0 Å². The number of carboxylic acids is 1. The third-order valence-electron chi connectivity index (χ3n) is 3.23. The van der Waals surface area contributed by atoms with Gasteiger partial charge in [-0.2, -0.15) is 0 Å². The second-order valence-electron chi connectivity index (χ2n) is 4.67. The molecule has 1 aliphatic rings. The summed E-state index contributed by atoms with van der Waals surface area (Å²) in [7, 11) is 0. The molecule has 0 bridgehead atoms. The van der Waals surface area contributed by atoms with E-state index in [2.05, 4.69) is 5.32 Å². The zero-order valence-corrected chi connectivity index (χ0v) is 10.1. The first-order valence-corrected chi connectivity index (χ1v) is 5.91. The van der Waals surface area contributed by atoms with Gasteiger partial charge in [0.25, 0.3) is 5.69 Å². The number of nitrogens with one attached hydrogen (secondary N) is 1. The number of aliphatic hydroxyl groups excluding tert-OH is 1. The van der Waals surface area contributed by atoms with Gasteiger partial charge in [-0.25, -0.2) is 4.79 Å². The monoisotopic (exact) mass is 266 g/mol. The number of carbonyl (C=O) groups is 1. The second-order valence-corrected chi connectivity index (χ2v) is 4.67. The van der Waals surface area contributed by atoms with Gasteiger partial charge in [0, 0.05) is 18.3 Å². The third kappa shape index (κ3) is 3.00. The van der Waals surface area contributed by atoms with E-state index in [1.165, 1.54) is 18.2 Å². The molecule has 1 fully saturated rings. The molecule has 0 unspecified atom stereocenters. The van der Waals surface area contributed by atoms with Crippen LogP contribution in [0.3, 0.4) is 0 Å². The Morgan fingerprint density at radius 3 is 2.68 bits per heavy atom. The zero-order valence-electron chi connectivity index (χ0n) is 10.1. The molecular weight excluding hydrogens is 252 g/mol. The van der Waals surface area contributed by atoms with Gasteiger partial charge in [0.1, 0.15) is 5.56 Å². The van der Waals surface area contributed by atoms with Crippen LogP contribution in [0, 0.1) is 16.0 Å². The van der Waals surface area contributed by atoms with Gasteiger partial charge in [-0.1, -0.05) is 0 Å². The molecule has 0 saturated heterocycles. The maximum Gasteiger partial charge on any atom is 0.342 e. The summed E-state index contributed by atoms with van der Waals surface area (Å²) in [5.41, 5.74) is -0.237. The van der Waals surface area contributed by atoms with Gasteiger partial charge in [0.05, 0.1) is 11.0 Å². The molecule has 0 spiro atoms. The summed E-state index contributed by atoms with van der Waals surface area (Å²) in [6.45, 7) is 0.612. The van der Waals surface area contributed by atoms with Crippen molar-refractivity contribution < 1.29 is 19.9 Å². The minimum absolute atomic E-state index is 0.240. The van der Waals surface area contributed by atoms with Gasteiger partial charge >= 0.3 is 5.97 Å². The normalized spacial score (nSPS) is 21.5. The van der Waals surface area contributed by atoms with E-state index >= 15 is 0 Å². The van der Waals surface area contributed by atoms with Crippen molar-refractivity contribution in [1.82, 2.24) is 0 Å². The summed E-state index contributed by atoms with van der Waals surface area (Å²) in [5, 5.41) is 31.8. The largest absolute Gasteiger partial charge is 0.477 e. The van der Waals surface area contributed by atoms with Crippen LogP contribution in [0.2, 0.25) is 0 Å². The first-order chi connectivity index (χ1) is 8.97. The lowest BCUT2D eigenvalue weighted by Crippen LogP contribution is -2.33. The Hall–Kier alpha value is -2.15. The second kappa shape index (κ2) is 5.23. The molecule has 0 aromatic heterocycles. The van der Waals surface area contributed by atoms with Crippen LogP contribution in [-0.4, -0.2) is 33.8 Å². The molecule has 0 heterocycles. The summed E-state index contributed by atoms with van der Waals surface area (Å²) in [6.07, 6.45) is 1.21. The van der Waals surface area contributed by atoms with Crippen molar-refractivity contribution in [3.8, 4) is 0 Å². The number of hydrogen-bond acceptors (Lipinski definition) is 5. The van der Waals surface area contributed by atoms with Gasteiger partial charge in [-0.05, 0) is 30.9 Å². The van der Waals surface area contributed by atoms with Gasteiger partial charge in [0.2, 0.25) is 0 Å². The van der Waals surface area contributed by atoms with Gasteiger partial charge < -0.3 is 15.5 Å². The minimum Gasteiger partial charge on any atom is -0.477 e. The fourth-order valence-electron chi connectivity index (χ4n) is 2.10. The predicted octanol–water partition coefficient (Wildman–Crippen LogP) is 1.48. The van der Waals surface area contributed by atoms with Crippen molar-refractivity contribution in [2.75, 3.05) is 11.9 Å². The number of hydrogen-bond donors (Lipinski definition) is 3. The van der Waals surface area contributed by atoms with E-state index in [4.69, 9.17) is 10.2 Å². The van der Waals surface area contributed by atoms with E-state index in [0.29, 0.717) is 18.2 Å². The zero-order chi connectivity index (χ0) is 14.0. The maximum absolute atomic E-state index is 10.8. The topological polar surface area (TPSA) is 113 Å². The molecule has 7 nitrogen and oxygen atoms in total. The van der Waals surface area contributed by atoms with Crippen LogP contribution in [0.1, 0.15) is 23.2 Å². The molecule has 0 radical (unpaired) electrons. The van der Waals surface area contributed by atoms with Crippen molar-refractivity contribution in [3.63, 3.8) is 0 Å². The Kier molecular flexibility index (Phi) is 3.66. The molecule has 7 heteroatoms. The number of benzene rings is 1. The number of aliphatic hydroxyl groups is 1. The fraction of sp³-hybridized carbons (Fsp3) is 0.417. The number of nitrogens with zero attached hydrogens (tertiary/aromatic N) is 1. The molecule has 0 atom stereocenters. The number of carboxylic acid groups (broad SMARTS) is 1. The molecule has 1 aliphatic carbocycles. The van der Waals surface area contributed by atoms with Gasteiger partial charge in [0.15, 0.2) is 0 Å². The lowest BCUT2D eigenvalue weighted by molar-refractivity contribution is -0.385. The fourth-order valence-corrected chi connectivity index (χ4v) is 2.10. The molecule has 19 heavy (non-hydrogen) atoms. The summed E-state index contributed by atoms with van der Waals surface area (Å²) < 4.78 is 0. The van der Waals surface area contributed by atoms with Crippen LogP contribution in [0.4, 0.5) is 11.4 Å². The highest BCUT2D eigenvalue weighted by Crippen LogP contribution is 2.28. The number of nitro groups is 1. The standard InChI is InChI=1S/C12H14N2O5/c15-9-3-7(4-9)6-13-8-1-2-10(12(16)17)11(5-8)14(18)19/h1-2,5,7,9,13,15H,3-4,6H2,(H,16,17). The summed E-state index contributed by atoms with van der Waals surface area (Å²) in [4.78, 5) is 20.9. The Balaban J connectivity index is 2.07. The van der Waals surface area contributed by atoms with E-state index in [-0.39, 0.29) is 11.7 Å². The number of nitro benzene ring substituents is 1. The summed E-state index contributed by atoms with van der Waals surface area (Å²) >= 11 is 0. The molecule has 2 rings (SSSR count). The number of aromatic carboxylic acids is 1. The van der Waals surface area contributed by atoms with Crippen LogP contribution >= 0.6 is 0 Å². The van der Waals surface area contributed by atoms with Crippen molar-refractivity contribution in [3.05, 3.63) is 33.9 Å². The Morgan fingerprint density at radius 1 is 1.47 bits per heavy atom. The van der Waals surface area contributed by atoms with E-state index in [1.807, 2.05) is 0 Å². The Morgan fingerprint density at radius 2 is 2.16 bits per heavy atom. The summed E-state index contributed by atoms with van der Waals surface area (Å²) in [6, 6.07) is 3.95. The lowest BCUT2D eigenvalue weighted by Gasteiger charge is -2.31. The van der Waals surface area contributed by atoms with Crippen LogP contribution in [0.15, 0.2) is 18.2 Å². The van der Waals surface area contributed by atoms with Crippen molar-refractivity contribution in [2.24, 2.45) is 5.92 Å². The minimum atomic E-state index is -1.32. The average Bonchev–Trinajstić information content (AvgIpc) is 2.32. The Labute approximate surface area is 109 Å². The van der Waals surface area contributed by atoms with Gasteiger partial charge in [-0.15, -0.1) is 0 Å². The summed E-state index contributed by atoms with van der Waals surface area (Å²) in [5.74, 6) is -0.964. The van der Waals surface area contributed by atoms with Crippen molar-refractivity contribution >= 4 is 17.3 Å². The van der Waals surface area contributed by atoms with Crippen LogP contribution < -0.4 is 5.32 Å². The molecule has 0 aliphatic heterocycles. The highest BCUT2D eigenvalue weighted by molar-refractivity contribution is 5.93. The van der Waals surface area contributed by atoms with Crippen LogP contribution in [-0.2, 0) is 0 Å². The van der Waals surface area contributed by atoms with E-state index in [9.17, 15) is 14.9 Å². The highest BCUT2D eigenvalue weighted by Gasteiger charge is 2.27. The number of anilines is 1. The van der Waals surface area contributed by atoms with Crippen molar-refractivity contribution in [1.29, 1.82) is 0 Å². The Bertz CT molecular complexity index is 511. The molecule has 1 aromatic rings. The molecule has 102 valence electrons. The van der Waals surface area contributed by atoms with E-state index in [1.54, 1.807) is 0 Å². The highest BCUT2D eigenvalue weighted by atomic mass is 16.6. The molecule has 0 amide bonds. The van der Waals surface area contributed by atoms with Crippen LogP contribution in [0.25, 0.3) is 0 Å². The van der Waals surface area contributed by atoms with Crippen molar-refractivity contribution in [2.45, 2.75) is 18.9 Å². The maximum atomic E-state index is 10.8. The molecular formula is C12H14N2O5. The molecule has 1 saturated carbocycles. The quantitative estimate of drug-likeness (QED) is 0.549. The smallest absolute Gasteiger partial charge is 0.342 e. The SMILES string of the molecule is O=C(O)c1ccc(NCC2CC(O)C2)cc1[N+](=O)[O-]. The van der Waals surface area contributed by atoms with E-state index < -0.39 is 16.6 Å². The number of rotatable bonds is 5. The third-order valence-corrected chi connectivity index (χ3v) is 3.23. The van der Waals surface area contributed by atoms with Gasteiger partial charge in [-0.3, -0.25) is 10.1 Å². The lowest BCUT2D eigenvalue weighted by atomic mass is 9.82. The molecule has 1 aromatic carbocycles.